The Labute approximate surface area is 151 Å². The van der Waals surface area contributed by atoms with Crippen LogP contribution in [0.3, 0.4) is 0 Å². The average molecular weight is 357 g/mol. The maximum Gasteiger partial charge on any atom is 0.305 e. The second-order valence-corrected chi connectivity index (χ2v) is 6.30. The molecule has 1 aliphatic rings. The fourth-order valence-corrected chi connectivity index (χ4v) is 3.18. The maximum absolute atomic E-state index is 13.0. The second kappa shape index (κ2) is 7.99. The Kier molecular flexibility index (Phi) is 5.51. The van der Waals surface area contributed by atoms with Crippen molar-refractivity contribution in [2.24, 2.45) is 0 Å². The van der Waals surface area contributed by atoms with Gasteiger partial charge in [0.25, 0.3) is 5.91 Å². The van der Waals surface area contributed by atoms with E-state index in [0.717, 1.165) is 12.0 Å². The van der Waals surface area contributed by atoms with Gasteiger partial charge in [-0.2, -0.15) is 0 Å². The zero-order chi connectivity index (χ0) is 18.5. The number of carbonyl (C=O) groups is 2. The van der Waals surface area contributed by atoms with E-state index in [9.17, 15) is 14.0 Å². The first kappa shape index (κ1) is 17.9. The number of hydrogen-bond donors (Lipinski definition) is 1. The molecule has 1 saturated heterocycles. The third kappa shape index (κ3) is 4.20. The Morgan fingerprint density at radius 1 is 1.15 bits per heavy atom. The lowest BCUT2D eigenvalue weighted by molar-refractivity contribution is -0.137. The summed E-state index contributed by atoms with van der Waals surface area (Å²) in [5.41, 5.74) is 1.20. The highest BCUT2D eigenvalue weighted by atomic mass is 19.1. The fraction of sp³-hybridized carbons (Fsp3) is 0.300. The van der Waals surface area contributed by atoms with Crippen LogP contribution in [0.1, 0.15) is 35.2 Å². The standard InChI is InChI=1S/C20H20FNO4/c21-15-9-7-14(8-10-15)13-26-18-6-2-1-5-17(18)20(25)22-11-3-4-16(22)12-19(23)24/h1-2,5-10,16H,3-4,11-13H2,(H,23,24). The highest BCUT2D eigenvalue weighted by Crippen LogP contribution is 2.27. The van der Waals surface area contributed by atoms with E-state index < -0.39 is 5.97 Å². The minimum atomic E-state index is -0.907. The molecular formula is C20H20FNO4. The van der Waals surface area contributed by atoms with Crippen LogP contribution in [0.25, 0.3) is 0 Å². The molecule has 0 aromatic heterocycles. The van der Waals surface area contributed by atoms with Gasteiger partial charge in [-0.25, -0.2) is 4.39 Å². The van der Waals surface area contributed by atoms with E-state index in [1.807, 2.05) is 0 Å². The van der Waals surface area contributed by atoms with Crippen LogP contribution in [0.4, 0.5) is 4.39 Å². The summed E-state index contributed by atoms with van der Waals surface area (Å²) in [7, 11) is 0. The smallest absolute Gasteiger partial charge is 0.305 e. The van der Waals surface area contributed by atoms with E-state index in [1.54, 1.807) is 41.3 Å². The minimum absolute atomic E-state index is 0.0512. The van der Waals surface area contributed by atoms with Gasteiger partial charge in [0.1, 0.15) is 18.2 Å². The third-order valence-electron chi connectivity index (χ3n) is 4.47. The number of carboxylic acid groups (broad SMARTS) is 1. The molecule has 3 rings (SSSR count). The molecule has 5 nitrogen and oxygen atoms in total. The summed E-state index contributed by atoms with van der Waals surface area (Å²) in [4.78, 5) is 25.6. The molecule has 6 heteroatoms. The van der Waals surface area contributed by atoms with Gasteiger partial charge in [-0.1, -0.05) is 24.3 Å². The highest BCUT2D eigenvalue weighted by Gasteiger charge is 2.32. The number of halogens is 1. The van der Waals surface area contributed by atoms with Crippen molar-refractivity contribution in [1.82, 2.24) is 4.90 Å². The van der Waals surface area contributed by atoms with E-state index >= 15 is 0 Å². The first-order chi connectivity index (χ1) is 12.5. The number of carbonyl (C=O) groups excluding carboxylic acids is 1. The minimum Gasteiger partial charge on any atom is -0.488 e. The van der Waals surface area contributed by atoms with E-state index in [-0.39, 0.29) is 30.8 Å². The fourth-order valence-electron chi connectivity index (χ4n) is 3.18. The van der Waals surface area contributed by atoms with Crippen LogP contribution in [-0.2, 0) is 11.4 Å². The van der Waals surface area contributed by atoms with E-state index in [1.165, 1.54) is 12.1 Å². The highest BCUT2D eigenvalue weighted by molar-refractivity contribution is 5.97. The first-order valence-electron chi connectivity index (χ1n) is 8.53. The molecule has 0 aliphatic carbocycles. The number of amides is 1. The number of aliphatic carboxylic acids is 1. The summed E-state index contributed by atoms with van der Waals surface area (Å²) in [6, 6.07) is 12.6. The molecule has 2 aromatic carbocycles. The van der Waals surface area contributed by atoms with Gasteiger partial charge in [0, 0.05) is 12.6 Å². The monoisotopic (exact) mass is 357 g/mol. The molecular weight excluding hydrogens is 337 g/mol. The van der Waals surface area contributed by atoms with Gasteiger partial charge in [0.2, 0.25) is 0 Å². The van der Waals surface area contributed by atoms with Gasteiger partial charge in [0.15, 0.2) is 0 Å². The zero-order valence-corrected chi connectivity index (χ0v) is 14.2. The van der Waals surface area contributed by atoms with Gasteiger partial charge < -0.3 is 14.7 Å². The maximum atomic E-state index is 13.0. The molecule has 136 valence electrons. The Morgan fingerprint density at radius 2 is 1.88 bits per heavy atom. The van der Waals surface area contributed by atoms with Crippen molar-refractivity contribution < 1.29 is 23.8 Å². The summed E-state index contributed by atoms with van der Waals surface area (Å²) in [6.45, 7) is 0.756. The predicted molar refractivity (Wildman–Crippen MR) is 93.5 cm³/mol. The lowest BCUT2D eigenvalue weighted by Crippen LogP contribution is -2.37. The molecule has 1 unspecified atom stereocenters. The largest absolute Gasteiger partial charge is 0.488 e. The molecule has 26 heavy (non-hydrogen) atoms. The first-order valence-corrected chi connectivity index (χ1v) is 8.53. The lowest BCUT2D eigenvalue weighted by Gasteiger charge is -2.24. The molecule has 1 amide bonds. The summed E-state index contributed by atoms with van der Waals surface area (Å²) in [5, 5.41) is 9.04. The third-order valence-corrected chi connectivity index (χ3v) is 4.47. The van der Waals surface area contributed by atoms with E-state index in [2.05, 4.69) is 0 Å². The molecule has 1 N–H and O–H groups in total. The molecule has 1 heterocycles. The van der Waals surface area contributed by atoms with Crippen LogP contribution in [0.15, 0.2) is 48.5 Å². The molecule has 0 spiro atoms. The van der Waals surface area contributed by atoms with Crippen LogP contribution in [0.5, 0.6) is 5.75 Å². The topological polar surface area (TPSA) is 66.8 Å². The predicted octanol–water partition coefficient (Wildman–Crippen LogP) is 3.48. The number of ether oxygens (including phenoxy) is 1. The van der Waals surface area contributed by atoms with E-state index in [4.69, 9.17) is 9.84 Å². The van der Waals surface area contributed by atoms with Crippen molar-refractivity contribution in [3.05, 3.63) is 65.5 Å². The van der Waals surface area contributed by atoms with Crippen molar-refractivity contribution in [2.45, 2.75) is 31.9 Å². The van der Waals surface area contributed by atoms with Crippen molar-refractivity contribution in [3.8, 4) is 5.75 Å². The Hall–Kier alpha value is -2.89. The molecule has 1 aliphatic heterocycles. The summed E-state index contributed by atoms with van der Waals surface area (Å²) in [6.07, 6.45) is 1.43. The summed E-state index contributed by atoms with van der Waals surface area (Å²) < 4.78 is 18.8. The van der Waals surface area contributed by atoms with Crippen LogP contribution < -0.4 is 4.74 Å². The van der Waals surface area contributed by atoms with Gasteiger partial charge in [0.05, 0.1) is 12.0 Å². The molecule has 1 fully saturated rings. The second-order valence-electron chi connectivity index (χ2n) is 6.30. The Morgan fingerprint density at radius 3 is 2.62 bits per heavy atom. The Bertz CT molecular complexity index is 791. The number of hydrogen-bond acceptors (Lipinski definition) is 3. The van der Waals surface area contributed by atoms with Crippen molar-refractivity contribution in [2.75, 3.05) is 6.54 Å². The number of nitrogens with zero attached hydrogens (tertiary/aromatic N) is 1. The van der Waals surface area contributed by atoms with E-state index in [0.29, 0.717) is 24.3 Å². The molecule has 0 radical (unpaired) electrons. The molecule has 0 saturated carbocycles. The number of para-hydroxylation sites is 1. The SMILES string of the molecule is O=C(O)CC1CCCN1C(=O)c1ccccc1OCc1ccc(F)cc1. The molecule has 0 bridgehead atoms. The number of likely N-dealkylation sites (tertiary alicyclic amines) is 1. The van der Waals surface area contributed by atoms with Gasteiger partial charge >= 0.3 is 5.97 Å². The normalized spacial score (nSPS) is 16.5. The van der Waals surface area contributed by atoms with Gasteiger partial charge in [-0.05, 0) is 42.7 Å². The number of carboxylic acids is 1. The van der Waals surface area contributed by atoms with Crippen LogP contribution >= 0.6 is 0 Å². The Balaban J connectivity index is 1.74. The van der Waals surface area contributed by atoms with Gasteiger partial charge in [-0.3, -0.25) is 9.59 Å². The van der Waals surface area contributed by atoms with Crippen LogP contribution in [-0.4, -0.2) is 34.5 Å². The van der Waals surface area contributed by atoms with Crippen LogP contribution in [0.2, 0.25) is 0 Å². The summed E-state index contributed by atoms with van der Waals surface area (Å²) in [5.74, 6) is -1.01. The number of benzene rings is 2. The van der Waals surface area contributed by atoms with Crippen molar-refractivity contribution >= 4 is 11.9 Å². The molecule has 2 aromatic rings. The molecule has 1 atom stereocenters. The lowest BCUT2D eigenvalue weighted by atomic mass is 10.1. The van der Waals surface area contributed by atoms with Gasteiger partial charge in [-0.15, -0.1) is 0 Å². The van der Waals surface area contributed by atoms with Crippen molar-refractivity contribution in [1.29, 1.82) is 0 Å². The quantitative estimate of drug-likeness (QED) is 0.859. The summed E-state index contributed by atoms with van der Waals surface area (Å²) >= 11 is 0. The zero-order valence-electron chi connectivity index (χ0n) is 14.2. The van der Waals surface area contributed by atoms with Crippen LogP contribution in [0, 0.1) is 5.82 Å². The average Bonchev–Trinajstić information content (AvgIpc) is 3.08. The number of rotatable bonds is 6. The van der Waals surface area contributed by atoms with Crippen molar-refractivity contribution in [3.63, 3.8) is 0 Å².